The third kappa shape index (κ3) is 8.59. The molecule has 2 aliphatic heterocycles. The van der Waals surface area contributed by atoms with Crippen molar-refractivity contribution in [3.63, 3.8) is 0 Å². The second kappa shape index (κ2) is 20.5. The van der Waals surface area contributed by atoms with Crippen molar-refractivity contribution in [1.29, 1.82) is 0 Å². The predicted octanol–water partition coefficient (Wildman–Crippen LogP) is 15.1. The van der Waals surface area contributed by atoms with Crippen molar-refractivity contribution in [2.75, 3.05) is 0 Å². The maximum Gasteiger partial charge on any atom is 0.261 e. The first kappa shape index (κ1) is 43.8. The lowest BCUT2D eigenvalue weighted by Gasteiger charge is -2.35. The molecule has 0 saturated carbocycles. The fourth-order valence-corrected chi connectivity index (χ4v) is 10.8. The summed E-state index contributed by atoms with van der Waals surface area (Å²) >= 11 is 0. The van der Waals surface area contributed by atoms with E-state index in [4.69, 9.17) is 0 Å². The molecule has 0 saturated heterocycles. The van der Waals surface area contributed by atoms with Gasteiger partial charge < -0.3 is 0 Å². The van der Waals surface area contributed by atoms with Crippen molar-refractivity contribution >= 4 is 66.7 Å². The third-order valence-electron chi connectivity index (χ3n) is 14.0. The Hall–Kier alpha value is -4.32. The number of carbonyl (C=O) groups excluding carboxylic acids is 4. The van der Waals surface area contributed by atoms with E-state index in [0.29, 0.717) is 22.3 Å². The summed E-state index contributed by atoms with van der Waals surface area (Å²) in [6, 6.07) is 15.5. The van der Waals surface area contributed by atoms with E-state index in [-0.39, 0.29) is 35.7 Å². The molecule has 320 valence electrons. The van der Waals surface area contributed by atoms with Crippen LogP contribution in [0, 0.1) is 0 Å². The number of benzene rings is 5. The monoisotopic (exact) mass is 811 g/mol. The molecule has 2 aliphatic rings. The topological polar surface area (TPSA) is 74.8 Å². The Bertz CT molecular complexity index is 2160. The summed E-state index contributed by atoms with van der Waals surface area (Å²) in [5.74, 6) is -0.771. The number of imide groups is 2. The minimum Gasteiger partial charge on any atom is -0.271 e. The summed E-state index contributed by atoms with van der Waals surface area (Å²) in [5.41, 5.74) is 2.34. The Morgan fingerprint density at radius 2 is 0.583 bits per heavy atom. The molecular formula is C54H70N2O4. The molecule has 2 heterocycles. The fraction of sp³-hybridized carbons (Fsp3) is 0.556. The molecule has 0 unspecified atom stereocenters. The van der Waals surface area contributed by atoms with E-state index in [2.05, 4.69) is 27.7 Å². The second-order valence-electron chi connectivity index (χ2n) is 18.2. The minimum atomic E-state index is -0.213. The summed E-state index contributed by atoms with van der Waals surface area (Å²) in [7, 11) is 0. The van der Waals surface area contributed by atoms with Crippen LogP contribution < -0.4 is 0 Å². The smallest absolute Gasteiger partial charge is 0.261 e. The van der Waals surface area contributed by atoms with Gasteiger partial charge in [-0.05, 0) is 82.3 Å². The van der Waals surface area contributed by atoms with Crippen molar-refractivity contribution in [2.45, 2.75) is 194 Å². The number of nitrogens with zero attached hydrogens (tertiary/aromatic N) is 2. The second-order valence-corrected chi connectivity index (χ2v) is 18.2. The van der Waals surface area contributed by atoms with E-state index < -0.39 is 0 Å². The zero-order valence-electron chi connectivity index (χ0n) is 37.3. The maximum absolute atomic E-state index is 14.8. The molecule has 7 rings (SSSR count). The number of hydrogen-bond acceptors (Lipinski definition) is 4. The molecule has 5 aromatic carbocycles. The van der Waals surface area contributed by atoms with Crippen LogP contribution in [-0.4, -0.2) is 45.5 Å². The molecule has 6 heteroatoms. The first-order valence-corrected chi connectivity index (χ1v) is 24.3. The molecule has 0 radical (unpaired) electrons. The fourth-order valence-electron chi connectivity index (χ4n) is 10.8. The number of amides is 4. The third-order valence-corrected chi connectivity index (χ3v) is 14.0. The van der Waals surface area contributed by atoms with Gasteiger partial charge in [-0.2, -0.15) is 0 Å². The number of fused-ring (bicyclic) bond motifs is 2. The van der Waals surface area contributed by atoms with Gasteiger partial charge in [0, 0.05) is 45.1 Å². The Kier molecular flexibility index (Phi) is 14.9. The first-order chi connectivity index (χ1) is 29.4. The summed E-state index contributed by atoms with van der Waals surface area (Å²) in [6.07, 6.45) is 27.4. The van der Waals surface area contributed by atoms with E-state index >= 15 is 0 Å². The van der Waals surface area contributed by atoms with Crippen LogP contribution in [0.25, 0.3) is 43.1 Å². The Balaban J connectivity index is 1.18. The van der Waals surface area contributed by atoms with Crippen LogP contribution in [0.4, 0.5) is 0 Å². The van der Waals surface area contributed by atoms with Crippen LogP contribution in [-0.2, 0) is 0 Å². The number of unbranched alkanes of at least 4 members (excludes halogenated alkanes) is 16. The van der Waals surface area contributed by atoms with Crippen LogP contribution >= 0.6 is 0 Å². The van der Waals surface area contributed by atoms with Crippen molar-refractivity contribution in [2.24, 2.45) is 0 Å². The molecule has 0 aromatic heterocycles. The number of hydrogen-bond donors (Lipinski definition) is 0. The van der Waals surface area contributed by atoms with Crippen molar-refractivity contribution in [3.05, 3.63) is 70.8 Å². The molecule has 60 heavy (non-hydrogen) atoms. The standard InChI is InChI=1S/C54H70N2O4/c1-5-9-11-13-15-17-19-21-23-27-38(28-24-22-20-18-16-14-12-10-6-2)56-53(59)45-35-31-41-39-29-33-43-49-44(52(58)55(51(43)57)37(25-7-3)26-8-4)34-30-40(47(39)49)42-32-36-46(54(56)60)50(45)48(41)42/h29-38H,5-28H2,1-4H3. The minimum absolute atomic E-state index is 0.115. The zero-order chi connectivity index (χ0) is 42.2. The predicted molar refractivity (Wildman–Crippen MR) is 250 cm³/mol. The maximum atomic E-state index is 14.8. The van der Waals surface area contributed by atoms with Gasteiger partial charge in [0.1, 0.15) is 0 Å². The summed E-state index contributed by atoms with van der Waals surface area (Å²) < 4.78 is 0. The van der Waals surface area contributed by atoms with Gasteiger partial charge in [0.15, 0.2) is 0 Å². The van der Waals surface area contributed by atoms with Gasteiger partial charge in [0.2, 0.25) is 0 Å². The van der Waals surface area contributed by atoms with Crippen molar-refractivity contribution in [1.82, 2.24) is 9.80 Å². The summed E-state index contributed by atoms with van der Waals surface area (Å²) in [5, 5.41) is 7.02. The quantitative estimate of drug-likeness (QED) is 0.0241. The Labute approximate surface area is 359 Å². The normalized spacial score (nSPS) is 14.3. The molecule has 4 amide bonds. The van der Waals surface area contributed by atoms with Crippen LogP contribution in [0.1, 0.15) is 223 Å². The average Bonchev–Trinajstić information content (AvgIpc) is 3.25. The number of rotatable bonds is 26. The van der Waals surface area contributed by atoms with Crippen LogP contribution in [0.2, 0.25) is 0 Å². The molecule has 0 bridgehead atoms. The molecular weight excluding hydrogens is 741 g/mol. The van der Waals surface area contributed by atoms with Crippen molar-refractivity contribution in [3.8, 4) is 0 Å². The Morgan fingerprint density at radius 3 is 0.867 bits per heavy atom. The molecule has 0 aliphatic carbocycles. The molecule has 0 spiro atoms. The van der Waals surface area contributed by atoms with E-state index in [1.165, 1.54) is 94.8 Å². The molecule has 6 nitrogen and oxygen atoms in total. The van der Waals surface area contributed by atoms with Crippen LogP contribution in [0.5, 0.6) is 0 Å². The van der Waals surface area contributed by atoms with E-state index in [0.717, 1.165) is 107 Å². The van der Waals surface area contributed by atoms with Gasteiger partial charge in [0.05, 0.1) is 0 Å². The number of carbonyl (C=O) groups is 4. The highest BCUT2D eigenvalue weighted by Crippen LogP contribution is 2.47. The zero-order valence-corrected chi connectivity index (χ0v) is 37.3. The highest BCUT2D eigenvalue weighted by molar-refractivity contribution is 6.41. The van der Waals surface area contributed by atoms with E-state index in [1.807, 2.05) is 48.5 Å². The van der Waals surface area contributed by atoms with Gasteiger partial charge in [-0.15, -0.1) is 0 Å². The summed E-state index contributed by atoms with van der Waals surface area (Å²) in [4.78, 5) is 61.1. The van der Waals surface area contributed by atoms with Crippen molar-refractivity contribution < 1.29 is 19.2 Å². The largest absolute Gasteiger partial charge is 0.271 e. The van der Waals surface area contributed by atoms with Crippen LogP contribution in [0.3, 0.4) is 0 Å². The highest BCUT2D eigenvalue weighted by Gasteiger charge is 2.40. The van der Waals surface area contributed by atoms with E-state index in [1.54, 1.807) is 4.90 Å². The lowest BCUT2D eigenvalue weighted by atomic mass is 9.81. The molecule has 0 N–H and O–H groups in total. The first-order valence-electron chi connectivity index (χ1n) is 24.3. The highest BCUT2D eigenvalue weighted by atomic mass is 16.2. The molecule has 0 fully saturated rings. The summed E-state index contributed by atoms with van der Waals surface area (Å²) in [6.45, 7) is 8.72. The Morgan fingerprint density at radius 1 is 0.317 bits per heavy atom. The lowest BCUT2D eigenvalue weighted by Crippen LogP contribution is -2.47. The van der Waals surface area contributed by atoms with Gasteiger partial charge in [0.25, 0.3) is 23.6 Å². The van der Waals surface area contributed by atoms with E-state index in [9.17, 15) is 19.2 Å². The van der Waals surface area contributed by atoms with Gasteiger partial charge in [-0.25, -0.2) is 0 Å². The average molecular weight is 811 g/mol. The molecule has 5 aromatic rings. The molecule has 0 atom stereocenters. The van der Waals surface area contributed by atoms with Crippen LogP contribution in [0.15, 0.2) is 48.5 Å². The van der Waals surface area contributed by atoms with Gasteiger partial charge >= 0.3 is 0 Å². The van der Waals surface area contributed by atoms with Gasteiger partial charge in [-0.3, -0.25) is 29.0 Å². The lowest BCUT2D eigenvalue weighted by molar-refractivity contribution is 0.0503. The SMILES string of the molecule is CCCCCCCCCCCC(CCCCCCCCCCC)N1C(=O)c2ccc3c4ccc5c6c(ccc(c7ccc(c2c37)C1=O)c64)C(=O)N(C(CCC)CCC)C5=O. The van der Waals surface area contributed by atoms with Gasteiger partial charge in [-0.1, -0.05) is 180 Å².